The Morgan fingerprint density at radius 3 is 2.75 bits per heavy atom. The lowest BCUT2D eigenvalue weighted by Gasteiger charge is -2.15. The predicted octanol–water partition coefficient (Wildman–Crippen LogP) is 1.84. The van der Waals surface area contributed by atoms with Crippen LogP contribution >= 0.6 is 0 Å². The minimum Gasteiger partial charge on any atom is -0.393 e. The van der Waals surface area contributed by atoms with E-state index in [0.717, 1.165) is 0 Å². The van der Waals surface area contributed by atoms with Gasteiger partial charge in [-0.2, -0.15) is 0 Å². The monoisotopic (exact) mass is 278 g/mol. The average molecular weight is 278 g/mol. The maximum Gasteiger partial charge on any atom is 0.276 e. The van der Waals surface area contributed by atoms with Crippen LogP contribution < -0.4 is 0 Å². The summed E-state index contributed by atoms with van der Waals surface area (Å²) in [6, 6.07) is 6.22. The first-order valence-electron chi connectivity index (χ1n) is 6.26. The van der Waals surface area contributed by atoms with E-state index in [2.05, 4.69) is 0 Å². The summed E-state index contributed by atoms with van der Waals surface area (Å²) in [4.78, 5) is 23.6. The molecule has 1 aromatic carbocycles. The molecule has 20 heavy (non-hydrogen) atoms. The van der Waals surface area contributed by atoms with Gasteiger partial charge < -0.3 is 10.0 Å². The number of amides is 1. The highest BCUT2D eigenvalue weighted by molar-refractivity contribution is 5.92. The Balaban J connectivity index is 2.72. The van der Waals surface area contributed by atoms with Gasteiger partial charge in [0.1, 0.15) is 0 Å². The Kier molecular flexibility index (Phi) is 5.86. The topological polar surface area (TPSA) is 83.7 Å². The van der Waals surface area contributed by atoms with E-state index in [1.165, 1.54) is 23.1 Å². The molecule has 1 unspecified atom stereocenters. The number of rotatable bonds is 6. The van der Waals surface area contributed by atoms with E-state index in [-0.39, 0.29) is 11.6 Å². The third kappa shape index (κ3) is 4.81. The summed E-state index contributed by atoms with van der Waals surface area (Å²) in [6.45, 7) is 2.08. The van der Waals surface area contributed by atoms with Gasteiger partial charge in [-0.25, -0.2) is 0 Å². The van der Waals surface area contributed by atoms with Crippen molar-refractivity contribution < 1.29 is 14.8 Å². The van der Waals surface area contributed by atoms with Crippen molar-refractivity contribution in [3.8, 4) is 0 Å². The molecular formula is C14H18N2O4. The first kappa shape index (κ1) is 15.8. The fourth-order valence-corrected chi connectivity index (χ4v) is 1.57. The zero-order valence-electron chi connectivity index (χ0n) is 11.5. The van der Waals surface area contributed by atoms with Crippen LogP contribution in [0, 0.1) is 10.1 Å². The summed E-state index contributed by atoms with van der Waals surface area (Å²) in [7, 11) is 1.62. The minimum absolute atomic E-state index is 0.0387. The standard InChI is InChI=1S/C14H18N2O4/c1-11(17)9-10-15(2)14(18)8-7-12-5-3-4-6-13(12)16(19)20/h3-8,11,17H,9-10H2,1-2H3. The van der Waals surface area contributed by atoms with Crippen LogP contribution in [-0.4, -0.2) is 40.5 Å². The van der Waals surface area contributed by atoms with Gasteiger partial charge in [-0.3, -0.25) is 14.9 Å². The molecule has 0 fully saturated rings. The lowest BCUT2D eigenvalue weighted by molar-refractivity contribution is -0.385. The SMILES string of the molecule is CC(O)CCN(C)C(=O)C=Cc1ccccc1[N+](=O)[O-]. The van der Waals surface area contributed by atoms with Crippen LogP contribution in [0.4, 0.5) is 5.69 Å². The van der Waals surface area contributed by atoms with E-state index < -0.39 is 11.0 Å². The Morgan fingerprint density at radius 2 is 2.15 bits per heavy atom. The molecular weight excluding hydrogens is 260 g/mol. The van der Waals surface area contributed by atoms with Crippen molar-refractivity contribution in [1.29, 1.82) is 0 Å². The van der Waals surface area contributed by atoms with Gasteiger partial charge in [0.25, 0.3) is 5.69 Å². The number of nitro groups is 1. The van der Waals surface area contributed by atoms with Gasteiger partial charge >= 0.3 is 0 Å². The van der Waals surface area contributed by atoms with E-state index in [9.17, 15) is 14.9 Å². The Labute approximate surface area is 117 Å². The number of hydrogen-bond donors (Lipinski definition) is 1. The molecule has 0 saturated heterocycles. The molecule has 0 radical (unpaired) electrons. The van der Waals surface area contributed by atoms with Crippen LogP contribution in [0.2, 0.25) is 0 Å². The van der Waals surface area contributed by atoms with Gasteiger partial charge in [-0.1, -0.05) is 12.1 Å². The summed E-state index contributed by atoms with van der Waals surface area (Å²) in [5, 5.41) is 20.0. The molecule has 1 aromatic rings. The van der Waals surface area contributed by atoms with Crippen molar-refractivity contribution >= 4 is 17.7 Å². The summed E-state index contributed by atoms with van der Waals surface area (Å²) < 4.78 is 0. The van der Waals surface area contributed by atoms with Gasteiger partial charge in [0.2, 0.25) is 5.91 Å². The maximum absolute atomic E-state index is 11.8. The zero-order chi connectivity index (χ0) is 15.1. The van der Waals surface area contributed by atoms with Crippen LogP contribution in [0.3, 0.4) is 0 Å². The van der Waals surface area contributed by atoms with E-state index in [4.69, 9.17) is 5.11 Å². The third-order valence-corrected chi connectivity index (χ3v) is 2.80. The Bertz CT molecular complexity index is 512. The summed E-state index contributed by atoms with van der Waals surface area (Å²) in [6.07, 6.45) is 2.75. The molecule has 0 aliphatic rings. The largest absolute Gasteiger partial charge is 0.393 e. The van der Waals surface area contributed by atoms with Gasteiger partial charge in [-0.05, 0) is 25.5 Å². The number of likely N-dealkylation sites (N-methyl/N-ethyl adjacent to an activating group) is 1. The zero-order valence-corrected chi connectivity index (χ0v) is 11.5. The molecule has 1 amide bonds. The Morgan fingerprint density at radius 1 is 1.50 bits per heavy atom. The number of carbonyl (C=O) groups excluding carboxylic acids is 1. The van der Waals surface area contributed by atoms with Crippen LogP contribution in [0.15, 0.2) is 30.3 Å². The summed E-state index contributed by atoms with van der Waals surface area (Å²) >= 11 is 0. The molecule has 108 valence electrons. The van der Waals surface area contributed by atoms with Crippen molar-refractivity contribution in [2.24, 2.45) is 0 Å². The van der Waals surface area contributed by atoms with Gasteiger partial charge in [0.15, 0.2) is 0 Å². The fourth-order valence-electron chi connectivity index (χ4n) is 1.57. The molecule has 0 aliphatic carbocycles. The number of hydrogen-bond acceptors (Lipinski definition) is 4. The molecule has 0 heterocycles. The molecule has 0 bridgehead atoms. The Hall–Kier alpha value is -2.21. The highest BCUT2D eigenvalue weighted by Crippen LogP contribution is 2.18. The number of aliphatic hydroxyl groups excluding tert-OH is 1. The number of nitro benzene ring substituents is 1. The second-order valence-electron chi connectivity index (χ2n) is 4.55. The molecule has 0 spiro atoms. The van der Waals surface area contributed by atoms with Crippen molar-refractivity contribution in [2.75, 3.05) is 13.6 Å². The lowest BCUT2D eigenvalue weighted by Crippen LogP contribution is -2.27. The van der Waals surface area contributed by atoms with Crippen LogP contribution in [-0.2, 0) is 4.79 Å². The number of para-hydroxylation sites is 1. The van der Waals surface area contributed by atoms with Crippen molar-refractivity contribution in [1.82, 2.24) is 4.90 Å². The van der Waals surface area contributed by atoms with E-state index in [1.807, 2.05) is 0 Å². The molecule has 0 saturated carbocycles. The summed E-state index contributed by atoms with van der Waals surface area (Å²) in [5.41, 5.74) is 0.345. The first-order valence-corrected chi connectivity index (χ1v) is 6.26. The average Bonchev–Trinajstić information content (AvgIpc) is 2.42. The number of carbonyl (C=O) groups is 1. The van der Waals surface area contributed by atoms with Crippen molar-refractivity contribution in [3.05, 3.63) is 46.0 Å². The van der Waals surface area contributed by atoms with Crippen molar-refractivity contribution in [3.63, 3.8) is 0 Å². The molecule has 1 atom stereocenters. The molecule has 1 N–H and O–H groups in total. The highest BCUT2D eigenvalue weighted by atomic mass is 16.6. The normalized spacial score (nSPS) is 12.3. The van der Waals surface area contributed by atoms with E-state index in [0.29, 0.717) is 18.5 Å². The third-order valence-electron chi connectivity index (χ3n) is 2.80. The predicted molar refractivity (Wildman–Crippen MR) is 76.1 cm³/mol. The van der Waals surface area contributed by atoms with Crippen molar-refractivity contribution in [2.45, 2.75) is 19.4 Å². The fraction of sp³-hybridized carbons (Fsp3) is 0.357. The molecule has 1 rings (SSSR count). The number of aliphatic hydroxyl groups is 1. The number of nitrogens with zero attached hydrogens (tertiary/aromatic N) is 2. The van der Waals surface area contributed by atoms with E-state index >= 15 is 0 Å². The first-order chi connectivity index (χ1) is 9.41. The molecule has 6 heteroatoms. The summed E-state index contributed by atoms with van der Waals surface area (Å²) in [5.74, 6) is -0.260. The minimum atomic E-state index is -0.485. The lowest BCUT2D eigenvalue weighted by atomic mass is 10.1. The second kappa shape index (κ2) is 7.40. The maximum atomic E-state index is 11.8. The van der Waals surface area contributed by atoms with Gasteiger partial charge in [-0.15, -0.1) is 0 Å². The highest BCUT2D eigenvalue weighted by Gasteiger charge is 2.11. The van der Waals surface area contributed by atoms with E-state index in [1.54, 1.807) is 32.2 Å². The number of benzene rings is 1. The van der Waals surface area contributed by atoms with Crippen LogP contribution in [0.25, 0.3) is 6.08 Å². The second-order valence-corrected chi connectivity index (χ2v) is 4.55. The van der Waals surface area contributed by atoms with Gasteiger partial charge in [0, 0.05) is 25.7 Å². The van der Waals surface area contributed by atoms with Crippen LogP contribution in [0.5, 0.6) is 0 Å². The molecule has 0 aliphatic heterocycles. The quantitative estimate of drug-likeness (QED) is 0.489. The molecule has 0 aromatic heterocycles. The smallest absolute Gasteiger partial charge is 0.276 e. The molecule has 6 nitrogen and oxygen atoms in total. The van der Waals surface area contributed by atoms with Crippen LogP contribution in [0.1, 0.15) is 18.9 Å². The van der Waals surface area contributed by atoms with Gasteiger partial charge in [0.05, 0.1) is 16.6 Å².